The maximum absolute atomic E-state index is 12.8. The summed E-state index contributed by atoms with van der Waals surface area (Å²) < 4.78 is 64.6. The van der Waals surface area contributed by atoms with Crippen molar-refractivity contribution in [3.8, 4) is 0 Å². The number of hydrogen-bond donors (Lipinski definition) is 2. The van der Waals surface area contributed by atoms with Gasteiger partial charge in [0, 0.05) is 12.1 Å². The molecule has 2 atom stereocenters. The van der Waals surface area contributed by atoms with Gasteiger partial charge in [-0.1, -0.05) is 18.2 Å². The average Bonchev–Trinajstić information content (AvgIpc) is 2.70. The molecule has 0 aliphatic carbocycles. The van der Waals surface area contributed by atoms with Crippen molar-refractivity contribution in [2.75, 3.05) is 11.4 Å². The van der Waals surface area contributed by atoms with Crippen LogP contribution in [0.5, 0.6) is 0 Å². The van der Waals surface area contributed by atoms with Crippen molar-refractivity contribution >= 4 is 33.6 Å². The molecular weight excluding hydrogens is 447 g/mol. The first-order valence-corrected chi connectivity index (χ1v) is 10.2. The third-order valence-electron chi connectivity index (χ3n) is 4.81. The lowest BCUT2D eigenvalue weighted by atomic mass is 9.84. The molecule has 1 aromatic rings. The first-order chi connectivity index (χ1) is 14.4. The van der Waals surface area contributed by atoms with Crippen molar-refractivity contribution < 1.29 is 45.3 Å². The lowest BCUT2D eigenvalue weighted by Gasteiger charge is -2.53. The van der Waals surface area contributed by atoms with Gasteiger partial charge >= 0.3 is 21.6 Å². The summed E-state index contributed by atoms with van der Waals surface area (Å²) in [6.45, 7) is -0.453. The number of nitrogens with zero attached hydrogens (tertiary/aromatic N) is 2. The second-order valence-electron chi connectivity index (χ2n) is 6.62. The Kier molecular flexibility index (Phi) is 5.71. The predicted octanol–water partition coefficient (Wildman–Crippen LogP) is 0.514. The number of carboxylic acids is 1. The summed E-state index contributed by atoms with van der Waals surface area (Å²) in [5, 5.41) is 9.44. The van der Waals surface area contributed by atoms with Gasteiger partial charge in [0.2, 0.25) is 5.91 Å². The topological polar surface area (TPSA) is 147 Å². The third kappa shape index (κ3) is 3.83. The van der Waals surface area contributed by atoms with Gasteiger partial charge in [0.05, 0.1) is 12.6 Å². The maximum atomic E-state index is 12.8. The molecule has 1 aromatic carbocycles. The number of hydrogen-bond acceptors (Lipinski definition) is 7. The van der Waals surface area contributed by atoms with Crippen molar-refractivity contribution in [3.05, 3.63) is 41.8 Å². The number of carbonyl (C=O) groups is 3. The van der Waals surface area contributed by atoms with E-state index >= 15 is 0 Å². The van der Waals surface area contributed by atoms with Crippen LogP contribution in [0, 0.1) is 0 Å². The van der Waals surface area contributed by atoms with Gasteiger partial charge in [-0.25, -0.2) is 4.79 Å². The van der Waals surface area contributed by atoms with Crippen LogP contribution in [0.3, 0.4) is 0 Å². The van der Waals surface area contributed by atoms with Crippen LogP contribution in [0.1, 0.15) is 12.8 Å². The fraction of sp³-hybridized carbons (Fsp3) is 0.353. The van der Waals surface area contributed by atoms with Crippen LogP contribution in [-0.4, -0.2) is 60.3 Å². The van der Waals surface area contributed by atoms with E-state index in [0.29, 0.717) is 10.6 Å². The van der Waals surface area contributed by atoms with E-state index in [2.05, 4.69) is 4.18 Å². The van der Waals surface area contributed by atoms with Crippen molar-refractivity contribution in [1.29, 1.82) is 0 Å². The van der Waals surface area contributed by atoms with Crippen molar-refractivity contribution in [2.24, 2.45) is 5.73 Å². The zero-order valence-corrected chi connectivity index (χ0v) is 16.4. The molecule has 0 aromatic heterocycles. The first-order valence-electron chi connectivity index (χ1n) is 8.78. The van der Waals surface area contributed by atoms with Gasteiger partial charge in [-0.15, -0.1) is 0 Å². The van der Waals surface area contributed by atoms with Crippen LogP contribution in [0.15, 0.2) is 41.8 Å². The lowest BCUT2D eigenvalue weighted by molar-refractivity contribution is -0.154. The van der Waals surface area contributed by atoms with E-state index in [0.717, 1.165) is 4.90 Å². The Labute approximate surface area is 173 Å². The molecule has 31 heavy (non-hydrogen) atoms. The monoisotopic (exact) mass is 463 g/mol. The van der Waals surface area contributed by atoms with Crippen LogP contribution in [0.2, 0.25) is 0 Å². The minimum Gasteiger partial charge on any atom is -0.476 e. The van der Waals surface area contributed by atoms with Crippen LogP contribution in [-0.2, 0) is 28.7 Å². The highest BCUT2D eigenvalue weighted by Crippen LogP contribution is 2.42. The summed E-state index contributed by atoms with van der Waals surface area (Å²) in [7, 11) is -6.13. The maximum Gasteiger partial charge on any atom is 0.534 e. The van der Waals surface area contributed by atoms with E-state index in [9.17, 15) is 41.1 Å². The highest BCUT2D eigenvalue weighted by Gasteiger charge is 2.58. The molecule has 14 heteroatoms. The fourth-order valence-electron chi connectivity index (χ4n) is 3.54. The number of carbonyl (C=O) groups excluding carboxylic acids is 2. The number of allylic oxidation sites excluding steroid dienone is 1. The normalized spacial score (nSPS) is 21.3. The van der Waals surface area contributed by atoms with Gasteiger partial charge in [-0.3, -0.25) is 19.4 Å². The molecule has 0 saturated carbocycles. The smallest absolute Gasteiger partial charge is 0.476 e. The van der Waals surface area contributed by atoms with Crippen molar-refractivity contribution in [2.45, 2.75) is 30.4 Å². The summed E-state index contributed by atoms with van der Waals surface area (Å²) in [6, 6.07) is 5.86. The molecule has 3 rings (SSSR count). The van der Waals surface area contributed by atoms with Gasteiger partial charge in [-0.2, -0.15) is 21.6 Å². The van der Waals surface area contributed by atoms with Gasteiger partial charge < -0.3 is 15.0 Å². The molecule has 2 amide bonds. The molecule has 2 aliphatic heterocycles. The molecule has 0 radical (unpaired) electrons. The average molecular weight is 463 g/mol. The molecule has 3 N–H and O–H groups in total. The van der Waals surface area contributed by atoms with E-state index < -0.39 is 69.9 Å². The molecule has 1 saturated heterocycles. The number of halogens is 3. The number of alkyl halides is 3. The Hall–Kier alpha value is -3.13. The second kappa shape index (κ2) is 7.85. The van der Waals surface area contributed by atoms with Crippen LogP contribution in [0.25, 0.3) is 0 Å². The van der Waals surface area contributed by atoms with E-state index in [1.54, 1.807) is 18.2 Å². The Morgan fingerprint density at radius 2 is 1.87 bits per heavy atom. The molecule has 10 nitrogen and oxygen atoms in total. The molecule has 1 unspecified atom stereocenters. The predicted molar refractivity (Wildman–Crippen MR) is 97.4 cm³/mol. The number of carboxylic acid groups (broad SMARTS) is 1. The van der Waals surface area contributed by atoms with Gasteiger partial charge in [-0.05, 0) is 18.6 Å². The molecule has 1 fully saturated rings. The number of amides is 2. The van der Waals surface area contributed by atoms with Crippen molar-refractivity contribution in [1.82, 2.24) is 4.90 Å². The fourth-order valence-corrected chi connectivity index (χ4v) is 4.06. The zero-order chi connectivity index (χ0) is 23.1. The Bertz CT molecular complexity index is 1060. The van der Waals surface area contributed by atoms with Gasteiger partial charge in [0.25, 0.3) is 5.91 Å². The standard InChI is InChI=1S/C17H16F3N3O7S/c18-17(19,20)31(28,29)30-11-7-6-10-13(15(25)23(10)14(11)16(26)27)22(12(24)8-21)9-4-2-1-3-5-9/h1-5,10,13H,6-8,21H2,(H,26,27)/t10-,13?/m0/s1. The highest BCUT2D eigenvalue weighted by molar-refractivity contribution is 7.87. The second-order valence-corrected chi connectivity index (χ2v) is 8.16. The first kappa shape index (κ1) is 22.6. The number of fused-ring (bicyclic) bond motifs is 1. The summed E-state index contributed by atoms with van der Waals surface area (Å²) >= 11 is 0. The Balaban J connectivity index is 1.98. The zero-order valence-electron chi connectivity index (χ0n) is 15.6. The van der Waals surface area contributed by atoms with E-state index in [1.807, 2.05) is 0 Å². The number of β-lactam (4-membered cyclic amide) rings is 1. The number of anilines is 1. The summed E-state index contributed by atoms with van der Waals surface area (Å²) in [5.74, 6) is -4.41. The number of rotatable bonds is 6. The number of aliphatic carboxylic acids is 1. The minimum atomic E-state index is -6.13. The molecular formula is C17H16F3N3O7S. The molecule has 168 valence electrons. The number of benzene rings is 1. The SMILES string of the molecule is NCC(=O)N(c1ccccc1)C1C(=O)N2C(C(=O)O)=C(OS(=O)(=O)C(F)(F)F)CC[C@@H]12. The third-order valence-corrected chi connectivity index (χ3v) is 5.80. The van der Waals surface area contributed by atoms with Crippen LogP contribution < -0.4 is 10.6 Å². The number of para-hydroxylation sites is 1. The van der Waals surface area contributed by atoms with E-state index in [4.69, 9.17) is 5.73 Å². The quantitative estimate of drug-likeness (QED) is 0.352. The number of nitrogens with two attached hydrogens (primary N) is 1. The van der Waals surface area contributed by atoms with Crippen LogP contribution in [0.4, 0.5) is 18.9 Å². The minimum absolute atomic E-state index is 0.142. The molecule has 0 bridgehead atoms. The van der Waals surface area contributed by atoms with E-state index in [1.165, 1.54) is 12.1 Å². The molecule has 2 aliphatic rings. The van der Waals surface area contributed by atoms with Gasteiger partial charge in [0.15, 0.2) is 11.5 Å². The Morgan fingerprint density at radius 1 is 1.26 bits per heavy atom. The molecule has 2 heterocycles. The summed E-state index contributed by atoms with van der Waals surface area (Å²) in [6.07, 6.45) is -0.654. The molecule has 0 spiro atoms. The lowest BCUT2D eigenvalue weighted by Crippen LogP contribution is -2.73. The summed E-state index contributed by atoms with van der Waals surface area (Å²) in [5.41, 5.74) is -1.04. The van der Waals surface area contributed by atoms with Gasteiger partial charge in [0.1, 0.15) is 6.04 Å². The highest BCUT2D eigenvalue weighted by atomic mass is 32.2. The van der Waals surface area contributed by atoms with Crippen LogP contribution >= 0.6 is 0 Å². The van der Waals surface area contributed by atoms with Crippen molar-refractivity contribution in [3.63, 3.8) is 0 Å². The largest absolute Gasteiger partial charge is 0.534 e. The van der Waals surface area contributed by atoms with E-state index in [-0.39, 0.29) is 6.42 Å². The summed E-state index contributed by atoms with van der Waals surface area (Å²) in [4.78, 5) is 38.6. The Morgan fingerprint density at radius 3 is 2.39 bits per heavy atom.